The normalized spacial score (nSPS) is 23.0. The van der Waals surface area contributed by atoms with E-state index in [-0.39, 0.29) is 6.61 Å². The van der Waals surface area contributed by atoms with Gasteiger partial charge in [-0.3, -0.25) is 0 Å². The highest BCUT2D eigenvalue weighted by molar-refractivity contribution is 5.72. The van der Waals surface area contributed by atoms with Crippen LogP contribution in [-0.4, -0.2) is 17.7 Å². The van der Waals surface area contributed by atoms with Gasteiger partial charge in [-0.05, 0) is 12.8 Å². The quantitative estimate of drug-likeness (QED) is 0.597. The smallest absolute Gasteiger partial charge is 0.0539 e. The minimum absolute atomic E-state index is 0.269. The molecule has 0 aromatic rings. The summed E-state index contributed by atoms with van der Waals surface area (Å²) in [6.45, 7) is -0.269. The van der Waals surface area contributed by atoms with Crippen molar-refractivity contribution in [2.45, 2.75) is 32.1 Å². The van der Waals surface area contributed by atoms with Gasteiger partial charge in [-0.1, -0.05) is 19.3 Å². The second kappa shape index (κ2) is 3.22. The summed E-state index contributed by atoms with van der Waals surface area (Å²) in [5.74, 6) is -1.08. The Hall–Kier alpha value is -0.570. The molecule has 0 aliphatic heterocycles. The van der Waals surface area contributed by atoms with Crippen molar-refractivity contribution in [1.29, 1.82) is 0 Å². The zero-order valence-corrected chi connectivity index (χ0v) is 6.51. The van der Waals surface area contributed by atoms with Crippen LogP contribution < -0.4 is 5.11 Å². The molecule has 0 saturated heterocycles. The average Bonchev–Trinajstić information content (AvgIpc) is 2.05. The fourth-order valence-corrected chi connectivity index (χ4v) is 1.66. The van der Waals surface area contributed by atoms with Crippen LogP contribution in [0.5, 0.6) is 0 Å². The maximum absolute atomic E-state index is 10.6. The number of carboxylic acid groups (broad SMARTS) is 1. The zero-order chi connectivity index (χ0) is 8.32. The third-order valence-corrected chi connectivity index (χ3v) is 2.55. The number of carbonyl (C=O) groups is 1. The minimum Gasteiger partial charge on any atom is -0.549 e. The molecule has 0 amide bonds. The highest BCUT2D eigenvalue weighted by Gasteiger charge is 2.32. The Morgan fingerprint density at radius 2 is 1.91 bits per heavy atom. The van der Waals surface area contributed by atoms with Crippen LogP contribution in [0.2, 0.25) is 0 Å². The molecule has 1 rings (SSSR count). The van der Waals surface area contributed by atoms with E-state index in [4.69, 9.17) is 5.11 Å². The van der Waals surface area contributed by atoms with Gasteiger partial charge in [0.2, 0.25) is 0 Å². The van der Waals surface area contributed by atoms with E-state index in [0.717, 1.165) is 19.3 Å². The van der Waals surface area contributed by atoms with Crippen LogP contribution in [-0.2, 0) is 4.79 Å². The van der Waals surface area contributed by atoms with Crippen molar-refractivity contribution in [2.75, 3.05) is 6.61 Å². The SMILES string of the molecule is O=C([O-])C1(CO)CCCCC1. The first-order valence-electron chi connectivity index (χ1n) is 4.04. The van der Waals surface area contributed by atoms with Crippen molar-refractivity contribution in [3.05, 3.63) is 0 Å². The van der Waals surface area contributed by atoms with Gasteiger partial charge in [0, 0.05) is 11.4 Å². The molecule has 0 bridgehead atoms. The van der Waals surface area contributed by atoms with E-state index in [1.807, 2.05) is 0 Å². The van der Waals surface area contributed by atoms with Crippen molar-refractivity contribution in [3.63, 3.8) is 0 Å². The van der Waals surface area contributed by atoms with E-state index < -0.39 is 11.4 Å². The van der Waals surface area contributed by atoms with E-state index >= 15 is 0 Å². The first-order chi connectivity index (χ1) is 5.21. The van der Waals surface area contributed by atoms with Crippen LogP contribution >= 0.6 is 0 Å². The summed E-state index contributed by atoms with van der Waals surface area (Å²) in [7, 11) is 0. The lowest BCUT2D eigenvalue weighted by atomic mass is 9.75. The van der Waals surface area contributed by atoms with Gasteiger partial charge in [-0.2, -0.15) is 0 Å². The van der Waals surface area contributed by atoms with Crippen LogP contribution in [0.25, 0.3) is 0 Å². The Morgan fingerprint density at radius 1 is 1.36 bits per heavy atom. The zero-order valence-electron chi connectivity index (χ0n) is 6.51. The fourth-order valence-electron chi connectivity index (χ4n) is 1.66. The van der Waals surface area contributed by atoms with E-state index in [2.05, 4.69) is 0 Å². The minimum atomic E-state index is -1.08. The van der Waals surface area contributed by atoms with Crippen molar-refractivity contribution >= 4 is 5.97 Å². The first-order valence-corrected chi connectivity index (χ1v) is 4.04. The number of carbonyl (C=O) groups excluding carboxylic acids is 1. The molecular weight excluding hydrogens is 144 g/mol. The average molecular weight is 157 g/mol. The highest BCUT2D eigenvalue weighted by Crippen LogP contribution is 2.35. The van der Waals surface area contributed by atoms with Gasteiger partial charge < -0.3 is 15.0 Å². The lowest BCUT2D eigenvalue weighted by Crippen LogP contribution is -2.46. The summed E-state index contributed by atoms with van der Waals surface area (Å²) in [5, 5.41) is 19.5. The molecule has 1 saturated carbocycles. The second-order valence-corrected chi connectivity index (χ2v) is 3.29. The highest BCUT2D eigenvalue weighted by atomic mass is 16.4. The van der Waals surface area contributed by atoms with Gasteiger partial charge in [0.15, 0.2) is 0 Å². The molecule has 3 heteroatoms. The molecule has 0 unspecified atom stereocenters. The third kappa shape index (κ3) is 1.53. The summed E-state index contributed by atoms with van der Waals surface area (Å²) in [4.78, 5) is 10.6. The predicted molar refractivity (Wildman–Crippen MR) is 37.6 cm³/mol. The predicted octanol–water partition coefficient (Wildman–Crippen LogP) is -0.321. The van der Waals surface area contributed by atoms with E-state index in [1.165, 1.54) is 0 Å². The molecule has 3 nitrogen and oxygen atoms in total. The number of hydrogen-bond acceptors (Lipinski definition) is 3. The second-order valence-electron chi connectivity index (χ2n) is 3.29. The summed E-state index contributed by atoms with van der Waals surface area (Å²) < 4.78 is 0. The van der Waals surface area contributed by atoms with Crippen molar-refractivity contribution in [2.24, 2.45) is 5.41 Å². The summed E-state index contributed by atoms with van der Waals surface area (Å²) in [6, 6.07) is 0. The largest absolute Gasteiger partial charge is 0.549 e. The molecule has 0 spiro atoms. The summed E-state index contributed by atoms with van der Waals surface area (Å²) in [6.07, 6.45) is 4.02. The first kappa shape index (κ1) is 8.53. The van der Waals surface area contributed by atoms with Crippen molar-refractivity contribution in [1.82, 2.24) is 0 Å². The van der Waals surface area contributed by atoms with Crippen LogP contribution in [0, 0.1) is 5.41 Å². The monoisotopic (exact) mass is 157 g/mol. The maximum Gasteiger partial charge on any atom is 0.0539 e. The Balaban J connectivity index is 2.64. The number of aliphatic carboxylic acids is 1. The van der Waals surface area contributed by atoms with Crippen LogP contribution in [0.3, 0.4) is 0 Å². The van der Waals surface area contributed by atoms with Crippen molar-refractivity contribution in [3.8, 4) is 0 Å². The van der Waals surface area contributed by atoms with E-state index in [1.54, 1.807) is 0 Å². The van der Waals surface area contributed by atoms with Gasteiger partial charge >= 0.3 is 0 Å². The lowest BCUT2D eigenvalue weighted by Gasteiger charge is -2.36. The molecule has 0 aromatic carbocycles. The Bertz CT molecular complexity index is 147. The van der Waals surface area contributed by atoms with Gasteiger partial charge in [0.05, 0.1) is 6.61 Å². The Morgan fingerprint density at radius 3 is 2.18 bits per heavy atom. The molecule has 0 aromatic heterocycles. The Labute approximate surface area is 66.0 Å². The van der Waals surface area contributed by atoms with Gasteiger partial charge in [0.25, 0.3) is 0 Å². The number of rotatable bonds is 2. The molecule has 1 aliphatic carbocycles. The molecule has 0 atom stereocenters. The maximum atomic E-state index is 10.6. The molecule has 1 aliphatic rings. The molecule has 1 fully saturated rings. The molecule has 11 heavy (non-hydrogen) atoms. The molecule has 0 radical (unpaired) electrons. The van der Waals surface area contributed by atoms with Crippen LogP contribution in [0.1, 0.15) is 32.1 Å². The third-order valence-electron chi connectivity index (χ3n) is 2.55. The topological polar surface area (TPSA) is 60.4 Å². The molecule has 64 valence electrons. The van der Waals surface area contributed by atoms with Gasteiger partial charge in [-0.25, -0.2) is 0 Å². The van der Waals surface area contributed by atoms with E-state index in [0.29, 0.717) is 12.8 Å². The van der Waals surface area contributed by atoms with E-state index in [9.17, 15) is 9.90 Å². The Kier molecular flexibility index (Phi) is 2.49. The number of hydrogen-bond donors (Lipinski definition) is 1. The molecular formula is C8H13O3-. The van der Waals surface area contributed by atoms with Crippen LogP contribution in [0.15, 0.2) is 0 Å². The molecule has 0 heterocycles. The van der Waals surface area contributed by atoms with Crippen LogP contribution in [0.4, 0.5) is 0 Å². The van der Waals surface area contributed by atoms with Gasteiger partial charge in [-0.15, -0.1) is 0 Å². The lowest BCUT2D eigenvalue weighted by molar-refractivity contribution is -0.322. The summed E-state index contributed by atoms with van der Waals surface area (Å²) >= 11 is 0. The number of aliphatic hydroxyl groups is 1. The standard InChI is InChI=1S/C8H14O3/c9-6-8(7(10)11)4-2-1-3-5-8/h9H,1-6H2,(H,10,11)/p-1. The fraction of sp³-hybridized carbons (Fsp3) is 0.875. The van der Waals surface area contributed by atoms with Crippen molar-refractivity contribution < 1.29 is 15.0 Å². The number of carboxylic acids is 1. The molecule has 1 N–H and O–H groups in total. The number of aliphatic hydroxyl groups excluding tert-OH is 1. The summed E-state index contributed by atoms with van der Waals surface area (Å²) in [5.41, 5.74) is -0.918. The van der Waals surface area contributed by atoms with Gasteiger partial charge in [0.1, 0.15) is 0 Å².